The van der Waals surface area contributed by atoms with E-state index in [4.69, 9.17) is 4.74 Å². The van der Waals surface area contributed by atoms with Gasteiger partial charge in [0.05, 0.1) is 13.7 Å². The average molecular weight is 342 g/mol. The van der Waals surface area contributed by atoms with Crippen LogP contribution in [-0.4, -0.2) is 40.7 Å². The van der Waals surface area contributed by atoms with Crippen LogP contribution in [0.1, 0.15) is 31.2 Å². The SMILES string of the molecule is CCNC(=O)N(Cc1nccn1Cc1cccc(OC)c1)CC1CC1. The van der Waals surface area contributed by atoms with E-state index in [1.807, 2.05) is 36.2 Å². The topological polar surface area (TPSA) is 59.4 Å². The molecule has 1 aliphatic rings. The van der Waals surface area contributed by atoms with E-state index in [9.17, 15) is 4.79 Å². The monoisotopic (exact) mass is 342 g/mol. The van der Waals surface area contributed by atoms with Gasteiger partial charge in [0, 0.05) is 32.0 Å². The fourth-order valence-corrected chi connectivity index (χ4v) is 2.87. The van der Waals surface area contributed by atoms with Gasteiger partial charge in [-0.1, -0.05) is 12.1 Å². The summed E-state index contributed by atoms with van der Waals surface area (Å²) in [5.74, 6) is 2.39. The summed E-state index contributed by atoms with van der Waals surface area (Å²) in [5, 5.41) is 2.91. The summed E-state index contributed by atoms with van der Waals surface area (Å²) in [7, 11) is 1.67. The number of carbonyl (C=O) groups excluding carboxylic acids is 1. The van der Waals surface area contributed by atoms with Crippen LogP contribution in [0.2, 0.25) is 0 Å². The Morgan fingerprint density at radius 3 is 3.00 bits per heavy atom. The van der Waals surface area contributed by atoms with E-state index in [0.29, 0.717) is 25.6 Å². The van der Waals surface area contributed by atoms with Gasteiger partial charge >= 0.3 is 6.03 Å². The summed E-state index contributed by atoms with van der Waals surface area (Å²) >= 11 is 0. The van der Waals surface area contributed by atoms with E-state index in [-0.39, 0.29) is 6.03 Å². The lowest BCUT2D eigenvalue weighted by atomic mass is 10.2. The fourth-order valence-electron chi connectivity index (χ4n) is 2.87. The number of nitrogens with one attached hydrogen (secondary N) is 1. The van der Waals surface area contributed by atoms with Crippen LogP contribution >= 0.6 is 0 Å². The molecule has 1 saturated carbocycles. The average Bonchev–Trinajstić information content (AvgIpc) is 3.34. The minimum atomic E-state index is -0.00895. The zero-order chi connectivity index (χ0) is 17.6. The van der Waals surface area contributed by atoms with Gasteiger partial charge in [-0.2, -0.15) is 0 Å². The summed E-state index contributed by atoms with van der Waals surface area (Å²) in [6.07, 6.45) is 6.19. The van der Waals surface area contributed by atoms with Crippen molar-refractivity contribution in [2.24, 2.45) is 5.92 Å². The van der Waals surface area contributed by atoms with Gasteiger partial charge in [0.25, 0.3) is 0 Å². The third-order valence-corrected chi connectivity index (χ3v) is 4.41. The van der Waals surface area contributed by atoms with Crippen LogP contribution in [-0.2, 0) is 13.1 Å². The van der Waals surface area contributed by atoms with Crippen molar-refractivity contribution in [3.63, 3.8) is 0 Å². The van der Waals surface area contributed by atoms with Crippen LogP contribution in [0.15, 0.2) is 36.7 Å². The summed E-state index contributed by atoms with van der Waals surface area (Å²) < 4.78 is 7.38. The number of urea groups is 1. The molecule has 1 aliphatic carbocycles. The zero-order valence-corrected chi connectivity index (χ0v) is 14.9. The van der Waals surface area contributed by atoms with Crippen molar-refractivity contribution >= 4 is 6.03 Å². The van der Waals surface area contributed by atoms with E-state index >= 15 is 0 Å². The Balaban J connectivity index is 1.71. The lowest BCUT2D eigenvalue weighted by molar-refractivity contribution is 0.191. The molecule has 0 aliphatic heterocycles. The van der Waals surface area contributed by atoms with Crippen LogP contribution in [0, 0.1) is 5.92 Å². The highest BCUT2D eigenvalue weighted by molar-refractivity contribution is 5.74. The highest BCUT2D eigenvalue weighted by Crippen LogP contribution is 2.30. The number of nitrogens with zero attached hydrogens (tertiary/aromatic N) is 3. The van der Waals surface area contributed by atoms with Gasteiger partial charge in [0.1, 0.15) is 11.6 Å². The van der Waals surface area contributed by atoms with Crippen molar-refractivity contribution in [1.82, 2.24) is 19.8 Å². The second-order valence-electron chi connectivity index (χ2n) is 6.48. The quantitative estimate of drug-likeness (QED) is 0.802. The molecule has 0 saturated heterocycles. The van der Waals surface area contributed by atoms with Gasteiger partial charge in [-0.15, -0.1) is 0 Å². The van der Waals surface area contributed by atoms with Crippen molar-refractivity contribution in [1.29, 1.82) is 0 Å². The second kappa shape index (κ2) is 8.05. The van der Waals surface area contributed by atoms with Crippen molar-refractivity contribution < 1.29 is 9.53 Å². The Morgan fingerprint density at radius 2 is 2.28 bits per heavy atom. The molecule has 6 nitrogen and oxygen atoms in total. The van der Waals surface area contributed by atoms with Gasteiger partial charge in [-0.3, -0.25) is 0 Å². The Bertz CT molecular complexity index is 709. The molecule has 2 amide bonds. The number of rotatable bonds is 8. The fraction of sp³-hybridized carbons (Fsp3) is 0.474. The number of benzene rings is 1. The number of hydrogen-bond donors (Lipinski definition) is 1. The lowest BCUT2D eigenvalue weighted by Gasteiger charge is -2.23. The van der Waals surface area contributed by atoms with Crippen LogP contribution in [0.5, 0.6) is 5.75 Å². The van der Waals surface area contributed by atoms with E-state index in [1.165, 1.54) is 12.8 Å². The molecule has 6 heteroatoms. The van der Waals surface area contributed by atoms with Crippen LogP contribution < -0.4 is 10.1 Å². The Morgan fingerprint density at radius 1 is 1.44 bits per heavy atom. The molecule has 0 spiro atoms. The summed E-state index contributed by atoms with van der Waals surface area (Å²) in [5.41, 5.74) is 1.14. The molecule has 134 valence electrons. The molecule has 25 heavy (non-hydrogen) atoms. The van der Waals surface area contributed by atoms with Crippen molar-refractivity contribution in [3.05, 3.63) is 48.0 Å². The van der Waals surface area contributed by atoms with Gasteiger partial charge in [0.15, 0.2) is 0 Å². The third-order valence-electron chi connectivity index (χ3n) is 4.41. The summed E-state index contributed by atoms with van der Waals surface area (Å²) in [6.45, 7) is 4.62. The highest BCUT2D eigenvalue weighted by Gasteiger charge is 2.27. The maximum Gasteiger partial charge on any atom is 0.317 e. The molecular weight excluding hydrogens is 316 g/mol. The Kier molecular flexibility index (Phi) is 5.58. The maximum atomic E-state index is 12.3. The van der Waals surface area contributed by atoms with E-state index in [1.54, 1.807) is 13.3 Å². The molecule has 1 aromatic carbocycles. The minimum Gasteiger partial charge on any atom is -0.497 e. The number of carbonyl (C=O) groups is 1. The van der Waals surface area contributed by atoms with E-state index in [0.717, 1.165) is 23.7 Å². The van der Waals surface area contributed by atoms with Crippen LogP contribution in [0.3, 0.4) is 0 Å². The molecule has 0 bridgehead atoms. The number of ether oxygens (including phenoxy) is 1. The Labute approximate surface area is 148 Å². The number of aromatic nitrogens is 2. The number of amides is 2. The normalized spacial score (nSPS) is 13.5. The van der Waals surface area contributed by atoms with Crippen molar-refractivity contribution in [2.75, 3.05) is 20.2 Å². The molecule has 1 aromatic heterocycles. The van der Waals surface area contributed by atoms with E-state index in [2.05, 4.69) is 20.9 Å². The first kappa shape index (κ1) is 17.3. The highest BCUT2D eigenvalue weighted by atomic mass is 16.5. The first-order valence-electron chi connectivity index (χ1n) is 8.85. The maximum absolute atomic E-state index is 12.3. The lowest BCUT2D eigenvalue weighted by Crippen LogP contribution is -2.41. The standard InChI is InChI=1S/C19H26N4O2/c1-3-20-19(24)23(12-15-7-8-15)14-18-21-9-10-22(18)13-16-5-4-6-17(11-16)25-2/h4-6,9-11,15H,3,7-8,12-14H2,1-2H3,(H,20,24). The first-order valence-corrected chi connectivity index (χ1v) is 8.85. The predicted octanol–water partition coefficient (Wildman–Crippen LogP) is 2.88. The number of hydrogen-bond acceptors (Lipinski definition) is 3. The summed E-state index contributed by atoms with van der Waals surface area (Å²) in [4.78, 5) is 18.7. The second-order valence-corrected chi connectivity index (χ2v) is 6.48. The zero-order valence-electron chi connectivity index (χ0n) is 14.9. The minimum absolute atomic E-state index is 0.00895. The molecule has 1 heterocycles. The van der Waals surface area contributed by atoms with Crippen molar-refractivity contribution in [2.45, 2.75) is 32.9 Å². The smallest absolute Gasteiger partial charge is 0.317 e. The number of imidazole rings is 1. The van der Waals surface area contributed by atoms with Crippen LogP contribution in [0.25, 0.3) is 0 Å². The first-order chi connectivity index (χ1) is 12.2. The van der Waals surface area contributed by atoms with Gasteiger partial charge < -0.3 is 19.5 Å². The molecule has 3 rings (SSSR count). The van der Waals surface area contributed by atoms with Gasteiger partial charge in [0.2, 0.25) is 0 Å². The summed E-state index contributed by atoms with van der Waals surface area (Å²) in [6, 6.07) is 8.00. The molecule has 1 fully saturated rings. The van der Waals surface area contributed by atoms with Crippen molar-refractivity contribution in [3.8, 4) is 5.75 Å². The van der Waals surface area contributed by atoms with E-state index < -0.39 is 0 Å². The van der Waals surface area contributed by atoms with Gasteiger partial charge in [-0.25, -0.2) is 9.78 Å². The molecule has 0 atom stereocenters. The molecule has 0 radical (unpaired) electrons. The van der Waals surface area contributed by atoms with Crippen LogP contribution in [0.4, 0.5) is 4.79 Å². The largest absolute Gasteiger partial charge is 0.497 e. The van der Waals surface area contributed by atoms with Gasteiger partial charge in [-0.05, 0) is 43.4 Å². The Hall–Kier alpha value is -2.50. The predicted molar refractivity (Wildman–Crippen MR) is 96.5 cm³/mol. The third kappa shape index (κ3) is 4.75. The molecule has 2 aromatic rings. The molecule has 0 unspecified atom stereocenters. The number of methoxy groups -OCH3 is 1. The molecule has 1 N–H and O–H groups in total. The molecular formula is C19H26N4O2.